The van der Waals surface area contributed by atoms with E-state index in [0.29, 0.717) is 11.3 Å². The highest BCUT2D eigenvalue weighted by atomic mass is 16.3. The van der Waals surface area contributed by atoms with Crippen molar-refractivity contribution in [3.8, 4) is 22.8 Å². The van der Waals surface area contributed by atoms with Crippen LogP contribution in [0.2, 0.25) is 0 Å². The topological polar surface area (TPSA) is 53.4 Å². The number of benzene rings is 2. The number of para-hydroxylation sites is 2. The number of nitrogens with zero attached hydrogens (tertiary/aromatic N) is 1. The quantitative estimate of drug-likeness (QED) is 0.638. The monoisotopic (exact) mass is 237 g/mol. The van der Waals surface area contributed by atoms with E-state index in [-0.39, 0.29) is 11.5 Å². The third-order valence-corrected chi connectivity index (χ3v) is 2.89. The van der Waals surface area contributed by atoms with Gasteiger partial charge in [-0.25, -0.2) is 4.98 Å². The number of aromatic nitrogens is 1. The molecule has 2 N–H and O–H groups in total. The Kier molecular flexibility index (Phi) is 2.38. The molecule has 3 rings (SSSR count). The van der Waals surface area contributed by atoms with Gasteiger partial charge in [0.25, 0.3) is 0 Å². The van der Waals surface area contributed by atoms with Gasteiger partial charge in [-0.15, -0.1) is 0 Å². The Morgan fingerprint density at radius 2 is 1.61 bits per heavy atom. The molecule has 0 aliphatic carbocycles. The Morgan fingerprint density at radius 1 is 0.778 bits per heavy atom. The number of hydrogen-bond donors (Lipinski definition) is 2. The van der Waals surface area contributed by atoms with Crippen molar-refractivity contribution in [3.05, 3.63) is 54.6 Å². The molecule has 0 aliphatic heterocycles. The van der Waals surface area contributed by atoms with Crippen LogP contribution in [0.25, 0.3) is 22.2 Å². The highest BCUT2D eigenvalue weighted by Crippen LogP contribution is 2.35. The predicted molar refractivity (Wildman–Crippen MR) is 70.5 cm³/mol. The average Bonchev–Trinajstić information content (AvgIpc) is 2.41. The van der Waals surface area contributed by atoms with Crippen LogP contribution in [-0.4, -0.2) is 15.2 Å². The maximum absolute atomic E-state index is 9.83. The normalized spacial score (nSPS) is 10.7. The lowest BCUT2D eigenvalue weighted by Gasteiger charge is -2.06. The van der Waals surface area contributed by atoms with Crippen molar-refractivity contribution < 1.29 is 10.2 Å². The highest BCUT2D eigenvalue weighted by molar-refractivity contribution is 5.82. The van der Waals surface area contributed by atoms with Gasteiger partial charge in [-0.05, 0) is 24.3 Å². The summed E-state index contributed by atoms with van der Waals surface area (Å²) in [6.07, 6.45) is 0. The first-order valence-corrected chi connectivity index (χ1v) is 5.63. The summed E-state index contributed by atoms with van der Waals surface area (Å²) in [5.41, 5.74) is 2.03. The molecule has 2 aromatic carbocycles. The second-order valence-electron chi connectivity index (χ2n) is 4.06. The first-order chi connectivity index (χ1) is 8.75. The fourth-order valence-corrected chi connectivity index (χ4v) is 1.95. The second-order valence-corrected chi connectivity index (χ2v) is 4.06. The van der Waals surface area contributed by atoms with E-state index in [2.05, 4.69) is 4.98 Å². The Bertz CT molecular complexity index is 723. The summed E-state index contributed by atoms with van der Waals surface area (Å²) in [7, 11) is 0. The lowest BCUT2D eigenvalue weighted by molar-refractivity contribution is 0.405. The van der Waals surface area contributed by atoms with Gasteiger partial charge < -0.3 is 10.2 Å². The van der Waals surface area contributed by atoms with Crippen LogP contribution in [0.3, 0.4) is 0 Å². The maximum Gasteiger partial charge on any atom is 0.167 e. The molecule has 0 spiro atoms. The van der Waals surface area contributed by atoms with Gasteiger partial charge >= 0.3 is 0 Å². The first-order valence-electron chi connectivity index (χ1n) is 5.63. The third kappa shape index (κ3) is 1.66. The molecule has 0 saturated heterocycles. The van der Waals surface area contributed by atoms with Crippen molar-refractivity contribution in [3.63, 3.8) is 0 Å². The van der Waals surface area contributed by atoms with E-state index in [9.17, 15) is 10.2 Å². The first kappa shape index (κ1) is 10.6. The van der Waals surface area contributed by atoms with Crippen LogP contribution in [0.1, 0.15) is 0 Å². The number of hydrogen-bond acceptors (Lipinski definition) is 3. The minimum atomic E-state index is -0.139. The van der Waals surface area contributed by atoms with E-state index in [4.69, 9.17) is 0 Å². The summed E-state index contributed by atoms with van der Waals surface area (Å²) in [4.78, 5) is 4.48. The van der Waals surface area contributed by atoms with Crippen LogP contribution >= 0.6 is 0 Å². The summed E-state index contributed by atoms with van der Waals surface area (Å²) in [6.45, 7) is 0. The molecule has 18 heavy (non-hydrogen) atoms. The van der Waals surface area contributed by atoms with Crippen molar-refractivity contribution in [2.45, 2.75) is 0 Å². The molecular formula is C15H11NO2. The lowest BCUT2D eigenvalue weighted by Crippen LogP contribution is -1.85. The number of phenols is 2. The van der Waals surface area contributed by atoms with Gasteiger partial charge in [0.05, 0.1) is 11.2 Å². The van der Waals surface area contributed by atoms with E-state index in [1.165, 1.54) is 6.07 Å². The third-order valence-electron chi connectivity index (χ3n) is 2.89. The highest BCUT2D eigenvalue weighted by Gasteiger charge is 2.09. The molecule has 0 radical (unpaired) electrons. The van der Waals surface area contributed by atoms with Crippen molar-refractivity contribution >= 4 is 10.9 Å². The molecular weight excluding hydrogens is 226 g/mol. The minimum absolute atomic E-state index is 0.137. The molecule has 0 atom stereocenters. The molecule has 0 bridgehead atoms. The summed E-state index contributed by atoms with van der Waals surface area (Å²) >= 11 is 0. The molecule has 0 unspecified atom stereocenters. The molecule has 0 fully saturated rings. The SMILES string of the molecule is Oc1cccc(-c2ccc3ccccc3n2)c1O. The zero-order valence-electron chi connectivity index (χ0n) is 9.54. The van der Waals surface area contributed by atoms with Crippen LogP contribution in [0.15, 0.2) is 54.6 Å². The number of pyridine rings is 1. The molecule has 0 saturated carbocycles. The zero-order valence-corrected chi connectivity index (χ0v) is 9.54. The van der Waals surface area contributed by atoms with Crippen molar-refractivity contribution in [1.29, 1.82) is 0 Å². The minimum Gasteiger partial charge on any atom is -0.504 e. The Morgan fingerprint density at radius 3 is 2.50 bits per heavy atom. The van der Waals surface area contributed by atoms with E-state index in [0.717, 1.165) is 10.9 Å². The van der Waals surface area contributed by atoms with Gasteiger partial charge in [0.1, 0.15) is 0 Å². The van der Waals surface area contributed by atoms with Crippen molar-refractivity contribution in [2.24, 2.45) is 0 Å². The Hall–Kier alpha value is -2.55. The van der Waals surface area contributed by atoms with Crippen LogP contribution in [0.4, 0.5) is 0 Å². The van der Waals surface area contributed by atoms with E-state index in [1.807, 2.05) is 36.4 Å². The molecule has 1 heterocycles. The van der Waals surface area contributed by atoms with E-state index < -0.39 is 0 Å². The Balaban J connectivity index is 2.22. The number of fused-ring (bicyclic) bond motifs is 1. The van der Waals surface area contributed by atoms with Gasteiger partial charge in [0.15, 0.2) is 11.5 Å². The van der Waals surface area contributed by atoms with Gasteiger partial charge in [0, 0.05) is 10.9 Å². The van der Waals surface area contributed by atoms with E-state index in [1.54, 1.807) is 12.1 Å². The molecule has 3 heteroatoms. The number of phenolic OH excluding ortho intramolecular Hbond substituents is 2. The van der Waals surface area contributed by atoms with Crippen LogP contribution in [0, 0.1) is 0 Å². The smallest absolute Gasteiger partial charge is 0.167 e. The fourth-order valence-electron chi connectivity index (χ4n) is 1.95. The molecule has 88 valence electrons. The fraction of sp³-hybridized carbons (Fsp3) is 0. The number of aromatic hydroxyl groups is 2. The van der Waals surface area contributed by atoms with Crippen LogP contribution in [-0.2, 0) is 0 Å². The molecule has 1 aromatic heterocycles. The molecule has 0 aliphatic rings. The van der Waals surface area contributed by atoms with Gasteiger partial charge in [-0.1, -0.05) is 30.3 Å². The summed E-state index contributed by atoms with van der Waals surface area (Å²) < 4.78 is 0. The largest absolute Gasteiger partial charge is 0.504 e. The van der Waals surface area contributed by atoms with E-state index >= 15 is 0 Å². The predicted octanol–water partition coefficient (Wildman–Crippen LogP) is 3.31. The zero-order chi connectivity index (χ0) is 12.5. The van der Waals surface area contributed by atoms with Crippen molar-refractivity contribution in [2.75, 3.05) is 0 Å². The van der Waals surface area contributed by atoms with Crippen molar-refractivity contribution in [1.82, 2.24) is 4.98 Å². The van der Waals surface area contributed by atoms with Crippen LogP contribution in [0.5, 0.6) is 11.5 Å². The number of rotatable bonds is 1. The second kappa shape index (κ2) is 4.04. The summed E-state index contributed by atoms with van der Waals surface area (Å²) in [5.74, 6) is -0.275. The standard InChI is InChI=1S/C15H11NO2/c17-14-7-3-5-11(15(14)18)13-9-8-10-4-1-2-6-12(10)16-13/h1-9,17-18H. The van der Waals surface area contributed by atoms with Gasteiger partial charge in [-0.2, -0.15) is 0 Å². The van der Waals surface area contributed by atoms with Gasteiger partial charge in [-0.3, -0.25) is 0 Å². The Labute approximate surface area is 104 Å². The van der Waals surface area contributed by atoms with Gasteiger partial charge in [0.2, 0.25) is 0 Å². The average molecular weight is 237 g/mol. The maximum atomic E-state index is 9.83. The summed E-state index contributed by atoms with van der Waals surface area (Å²) in [5, 5.41) is 20.4. The van der Waals surface area contributed by atoms with Crippen LogP contribution < -0.4 is 0 Å². The molecule has 3 aromatic rings. The summed E-state index contributed by atoms with van der Waals surface area (Å²) in [6, 6.07) is 16.4. The molecule has 0 amide bonds. The molecule has 3 nitrogen and oxygen atoms in total. The lowest BCUT2D eigenvalue weighted by atomic mass is 10.1.